The predicted molar refractivity (Wildman–Crippen MR) is 200 cm³/mol. The first-order valence-corrected chi connectivity index (χ1v) is 19.2. The van der Waals surface area contributed by atoms with Gasteiger partial charge in [0.2, 0.25) is 5.88 Å². The first kappa shape index (κ1) is 38.0. The fraction of sp³-hybridized carbons (Fsp3) is 0.600. The van der Waals surface area contributed by atoms with Gasteiger partial charge in [-0.3, -0.25) is 19.7 Å². The number of carbonyl (C=O) groups excluding carboxylic acids is 2. The summed E-state index contributed by atoms with van der Waals surface area (Å²) in [5, 5.41) is 7.59. The van der Waals surface area contributed by atoms with E-state index >= 15 is 0 Å². The molecule has 0 saturated carbocycles. The molecule has 14 heteroatoms. The maximum Gasteiger partial charge on any atom is 0.412 e. The van der Waals surface area contributed by atoms with Crippen LogP contribution in [0.1, 0.15) is 97.9 Å². The number of nitrogens with one attached hydrogen (secondary N) is 1. The molecule has 1 spiro atoms. The zero-order chi connectivity index (χ0) is 37.1. The van der Waals surface area contributed by atoms with E-state index in [9.17, 15) is 14.0 Å². The van der Waals surface area contributed by atoms with Crippen LogP contribution >= 0.6 is 0 Å². The summed E-state index contributed by atoms with van der Waals surface area (Å²) in [7, 11) is 3.48. The lowest BCUT2D eigenvalue weighted by Gasteiger charge is -2.43. The minimum atomic E-state index is -0.838. The molecule has 1 aliphatic carbocycles. The monoisotopic (exact) mass is 743 g/mol. The van der Waals surface area contributed by atoms with Gasteiger partial charge < -0.3 is 24.0 Å². The fourth-order valence-electron chi connectivity index (χ4n) is 9.18. The van der Waals surface area contributed by atoms with E-state index < -0.39 is 23.5 Å². The minimum Gasteiger partial charge on any atom is -0.476 e. The van der Waals surface area contributed by atoms with Gasteiger partial charge in [0.1, 0.15) is 18.4 Å². The molecule has 5 aliphatic rings. The Morgan fingerprint density at radius 1 is 1.09 bits per heavy atom. The Morgan fingerprint density at radius 2 is 1.93 bits per heavy atom. The van der Waals surface area contributed by atoms with Gasteiger partial charge in [0, 0.05) is 75.7 Å². The molecule has 2 aromatic heterocycles. The van der Waals surface area contributed by atoms with Crippen molar-refractivity contribution >= 4 is 23.4 Å². The van der Waals surface area contributed by atoms with E-state index in [0.29, 0.717) is 63.0 Å². The second-order valence-corrected chi connectivity index (χ2v) is 16.8. The lowest BCUT2D eigenvalue weighted by molar-refractivity contribution is -0.0853. The summed E-state index contributed by atoms with van der Waals surface area (Å²) < 4.78 is 35.8. The highest BCUT2D eigenvalue weighted by Gasteiger charge is 2.49. The van der Waals surface area contributed by atoms with Gasteiger partial charge in [-0.05, 0) is 95.2 Å². The standard InChI is InChI=1S/C40H52FN7O5.N/c1-38(2,3)53-37(50)42-28-11-10-26-9-6-13-40(31(26)17-28)21-33-30(24-52-40)34(19-35(43-33)51-25-39-12-7-15-47(39)22-27(41)20-39)46-14-8-16-48-29(23-46)18-32(44-48)36(49)45(4)5;/h10-11,17-19,27H,6-9,12-16,20-25H2,1-5H3,(H,42,50);/t27-,39+,40+;/m1./s1. The number of halogens is 1. The molecule has 3 radical (unpaired) electrons. The van der Waals surface area contributed by atoms with Crippen molar-refractivity contribution in [2.24, 2.45) is 0 Å². The van der Waals surface area contributed by atoms with Crippen molar-refractivity contribution in [3.63, 3.8) is 0 Å². The zero-order valence-corrected chi connectivity index (χ0v) is 32.1. The van der Waals surface area contributed by atoms with Gasteiger partial charge >= 0.3 is 6.09 Å². The van der Waals surface area contributed by atoms with E-state index in [-0.39, 0.29) is 17.6 Å². The van der Waals surface area contributed by atoms with Crippen LogP contribution in [0.3, 0.4) is 0 Å². The molecule has 6 heterocycles. The van der Waals surface area contributed by atoms with Crippen LogP contribution in [0.5, 0.6) is 5.88 Å². The summed E-state index contributed by atoms with van der Waals surface area (Å²) in [5.41, 5.74) is 5.77. The number of pyridine rings is 1. The van der Waals surface area contributed by atoms with Crippen molar-refractivity contribution in [3.8, 4) is 5.88 Å². The van der Waals surface area contributed by atoms with Crippen molar-refractivity contribution in [1.82, 2.24) is 30.7 Å². The van der Waals surface area contributed by atoms with Gasteiger partial charge in [0.15, 0.2) is 5.69 Å². The second-order valence-electron chi connectivity index (χ2n) is 16.8. The maximum atomic E-state index is 14.7. The third kappa shape index (κ3) is 7.27. The number of rotatable bonds is 6. The molecular weight excluding hydrogens is 691 g/mol. The number of ether oxygens (including phenoxy) is 3. The second kappa shape index (κ2) is 14.4. The number of hydrogen-bond acceptors (Lipinski definition) is 9. The SMILES string of the molecule is CN(C)C(=O)c1cc2n(n1)CCCN(c1cc(OC[C@@]34CCCN3C[C@H](F)C4)nc3c1CO[C@@]1(CCCc4ccc(NC(=O)OC(C)(C)C)cc41)C3)C2.[N]. The van der Waals surface area contributed by atoms with Crippen LogP contribution in [0.2, 0.25) is 0 Å². The molecule has 13 nitrogen and oxygen atoms in total. The summed E-state index contributed by atoms with van der Waals surface area (Å²) in [6, 6.07) is 9.99. The summed E-state index contributed by atoms with van der Waals surface area (Å²) in [4.78, 5) is 36.9. The molecule has 2 amide bonds. The van der Waals surface area contributed by atoms with Crippen LogP contribution in [0.4, 0.5) is 20.6 Å². The Labute approximate surface area is 317 Å². The number of hydrogen-bond donors (Lipinski definition) is 1. The number of carbonyl (C=O) groups is 2. The molecule has 0 bridgehead atoms. The average molecular weight is 744 g/mol. The normalized spacial score (nSPS) is 24.8. The average Bonchev–Trinajstić information content (AvgIpc) is 3.73. The Bertz CT molecular complexity index is 1910. The highest BCUT2D eigenvalue weighted by atomic mass is 19.1. The van der Waals surface area contributed by atoms with Gasteiger partial charge in [-0.15, -0.1) is 0 Å². The molecule has 3 atom stereocenters. The summed E-state index contributed by atoms with van der Waals surface area (Å²) in [5.74, 6) is 0.421. The number of alkyl halides is 1. The highest BCUT2D eigenvalue weighted by Crippen LogP contribution is 2.48. The lowest BCUT2D eigenvalue weighted by atomic mass is 9.74. The summed E-state index contributed by atoms with van der Waals surface area (Å²) >= 11 is 0. The number of aromatic nitrogens is 3. The van der Waals surface area contributed by atoms with Gasteiger partial charge in [0.05, 0.1) is 35.7 Å². The van der Waals surface area contributed by atoms with E-state index in [1.807, 2.05) is 49.7 Å². The smallest absolute Gasteiger partial charge is 0.412 e. The maximum absolute atomic E-state index is 14.7. The van der Waals surface area contributed by atoms with Crippen molar-refractivity contribution in [2.75, 3.05) is 50.6 Å². The topological polar surface area (TPSA) is 145 Å². The number of fused-ring (bicyclic) bond motifs is 5. The molecular formula is C40H52FN8O5. The Morgan fingerprint density at radius 3 is 2.72 bits per heavy atom. The molecule has 2 saturated heterocycles. The highest BCUT2D eigenvalue weighted by molar-refractivity contribution is 5.92. The molecule has 2 fully saturated rings. The first-order valence-electron chi connectivity index (χ1n) is 19.2. The molecule has 3 aromatic rings. The molecule has 8 rings (SSSR count). The van der Waals surface area contributed by atoms with E-state index in [1.165, 1.54) is 5.56 Å². The van der Waals surface area contributed by atoms with Crippen LogP contribution in [0.25, 0.3) is 0 Å². The Kier molecular flexibility index (Phi) is 10.2. The predicted octanol–water partition coefficient (Wildman–Crippen LogP) is 5.52. The van der Waals surface area contributed by atoms with Gasteiger partial charge in [-0.2, -0.15) is 5.10 Å². The lowest BCUT2D eigenvalue weighted by Crippen LogP contribution is -2.43. The molecule has 4 aliphatic heterocycles. The number of benzene rings is 1. The van der Waals surface area contributed by atoms with E-state index in [0.717, 1.165) is 79.8 Å². The third-order valence-corrected chi connectivity index (χ3v) is 11.6. The van der Waals surface area contributed by atoms with E-state index in [1.54, 1.807) is 19.0 Å². The van der Waals surface area contributed by atoms with Crippen molar-refractivity contribution in [1.29, 1.82) is 0 Å². The van der Waals surface area contributed by atoms with Crippen LogP contribution < -0.4 is 21.1 Å². The fourth-order valence-corrected chi connectivity index (χ4v) is 9.18. The van der Waals surface area contributed by atoms with Gasteiger partial charge in [0.25, 0.3) is 5.91 Å². The first-order chi connectivity index (χ1) is 25.3. The van der Waals surface area contributed by atoms with Crippen molar-refractivity contribution in [3.05, 3.63) is 64.1 Å². The number of aryl methyl sites for hydroxylation is 2. The Hall–Kier alpha value is -4.27. The number of amides is 2. The zero-order valence-electron chi connectivity index (χ0n) is 32.1. The number of anilines is 2. The molecule has 289 valence electrons. The van der Waals surface area contributed by atoms with Crippen LogP contribution in [-0.2, 0) is 47.6 Å². The van der Waals surface area contributed by atoms with Crippen LogP contribution in [0, 0.1) is 0 Å². The molecule has 54 heavy (non-hydrogen) atoms. The van der Waals surface area contributed by atoms with E-state index in [2.05, 4.69) is 26.3 Å². The largest absolute Gasteiger partial charge is 0.476 e. The molecule has 1 aromatic carbocycles. The van der Waals surface area contributed by atoms with Gasteiger partial charge in [-0.25, -0.2) is 14.2 Å². The van der Waals surface area contributed by atoms with Crippen molar-refractivity contribution in [2.45, 2.75) is 115 Å². The Balaban J connectivity index is 0.00000450. The van der Waals surface area contributed by atoms with Crippen molar-refractivity contribution < 1.29 is 28.2 Å². The number of nitrogens with zero attached hydrogens (tertiary/aromatic N) is 7. The summed E-state index contributed by atoms with van der Waals surface area (Å²) in [6.07, 6.45) is 5.23. The van der Waals surface area contributed by atoms with E-state index in [4.69, 9.17) is 19.2 Å². The van der Waals surface area contributed by atoms with Crippen LogP contribution in [0.15, 0.2) is 30.3 Å². The summed E-state index contributed by atoms with van der Waals surface area (Å²) in [6.45, 7) is 9.73. The van der Waals surface area contributed by atoms with Gasteiger partial charge in [-0.1, -0.05) is 6.07 Å². The van der Waals surface area contributed by atoms with Crippen LogP contribution in [-0.4, -0.2) is 94.2 Å². The quantitative estimate of drug-likeness (QED) is 0.345. The third-order valence-electron chi connectivity index (χ3n) is 11.6. The molecule has 0 unspecified atom stereocenters. The minimum absolute atomic E-state index is 0. The molecule has 1 N–H and O–H groups in total.